The maximum absolute atomic E-state index is 14.3. The molecule has 1 aromatic heterocycles. The van der Waals surface area contributed by atoms with Gasteiger partial charge >= 0.3 is 6.18 Å². The molecule has 0 bridgehead atoms. The summed E-state index contributed by atoms with van der Waals surface area (Å²) < 4.78 is 80.8. The number of hydrogen-bond donors (Lipinski definition) is 1. The molecule has 0 spiro atoms. The van der Waals surface area contributed by atoms with E-state index in [-0.39, 0.29) is 41.7 Å². The quantitative estimate of drug-likeness (QED) is 0.742. The van der Waals surface area contributed by atoms with Crippen molar-refractivity contribution < 1.29 is 26.3 Å². The monoisotopic (exact) mass is 426 g/mol. The zero-order valence-electron chi connectivity index (χ0n) is 15.5. The first-order valence-corrected chi connectivity index (χ1v) is 9.03. The maximum Gasteiger partial charge on any atom is 0.411 e. The molecule has 2 heterocycles. The number of halogens is 6. The molecule has 1 aliphatic heterocycles. The highest BCUT2D eigenvalue weighted by Gasteiger charge is 2.67. The molecule has 1 aromatic carbocycles. The Labute approximate surface area is 167 Å². The van der Waals surface area contributed by atoms with Crippen molar-refractivity contribution >= 4 is 18.1 Å². The number of benzene rings is 1. The minimum absolute atomic E-state index is 0.0184. The molecule has 0 radical (unpaired) electrons. The Morgan fingerprint density at radius 3 is 2.57 bits per heavy atom. The Morgan fingerprint density at radius 1 is 1.20 bits per heavy atom. The molecule has 1 saturated carbocycles. The molecule has 1 aliphatic carbocycles. The molecular formula is C20H16F6N4. The predicted molar refractivity (Wildman–Crippen MR) is 97.9 cm³/mol. The van der Waals surface area contributed by atoms with Crippen molar-refractivity contribution in [2.45, 2.75) is 37.5 Å². The lowest BCUT2D eigenvalue weighted by Gasteiger charge is -2.34. The summed E-state index contributed by atoms with van der Waals surface area (Å²) >= 11 is 0. The number of aromatic nitrogens is 2. The molecule has 2 aliphatic rings. The van der Waals surface area contributed by atoms with Gasteiger partial charge in [0, 0.05) is 24.0 Å². The van der Waals surface area contributed by atoms with Gasteiger partial charge in [0.1, 0.15) is 23.5 Å². The second-order valence-electron chi connectivity index (χ2n) is 7.16. The number of alkyl halides is 5. The van der Waals surface area contributed by atoms with Gasteiger partial charge in [-0.15, -0.1) is 0 Å². The molecule has 0 saturated heterocycles. The molecule has 0 unspecified atom stereocenters. The van der Waals surface area contributed by atoms with Crippen LogP contribution < -0.4 is 15.9 Å². The molecule has 0 atom stereocenters. The number of nitrogens with one attached hydrogen (secondary N) is 1. The highest BCUT2D eigenvalue weighted by molar-refractivity contribution is 5.58. The summed E-state index contributed by atoms with van der Waals surface area (Å²) in [6.07, 6.45) is -3.61. The van der Waals surface area contributed by atoms with Gasteiger partial charge in [-0.2, -0.15) is 13.2 Å². The zero-order valence-corrected chi connectivity index (χ0v) is 15.5. The molecule has 1 N–H and O–H groups in total. The second-order valence-corrected chi connectivity index (χ2v) is 7.16. The number of allylic oxidation sites excluding steroid dienone is 1. The Morgan fingerprint density at radius 2 is 1.93 bits per heavy atom. The molecule has 30 heavy (non-hydrogen) atoms. The van der Waals surface area contributed by atoms with Gasteiger partial charge in [-0.25, -0.2) is 23.1 Å². The van der Waals surface area contributed by atoms with Crippen LogP contribution in [0.1, 0.15) is 30.4 Å². The van der Waals surface area contributed by atoms with E-state index in [0.29, 0.717) is 5.35 Å². The van der Waals surface area contributed by atoms with Crippen molar-refractivity contribution in [3.05, 3.63) is 64.3 Å². The first-order chi connectivity index (χ1) is 14.1. The summed E-state index contributed by atoms with van der Waals surface area (Å²) in [5.74, 6) is -0.879. The molecule has 0 amide bonds. The summed E-state index contributed by atoms with van der Waals surface area (Å²) in [6.45, 7) is 3.53. The zero-order chi connectivity index (χ0) is 21.7. The standard InChI is InChI=1S/C20H16F6N4/c1-11-7-15-14(9-30(11)19(5-6-19)20(24,25)26)18(29-10-28-15)27-8-12-3-2-4-13(16(12)21)17(22)23/h2-4,7,9-10,17H,1,5-6,8H2,(H,27,28,29). The summed E-state index contributed by atoms with van der Waals surface area (Å²) in [5, 5.41) is 3.46. The van der Waals surface area contributed by atoms with Crippen LogP contribution in [0.25, 0.3) is 12.3 Å². The third kappa shape index (κ3) is 3.29. The Bertz CT molecular complexity index is 1120. The Hall–Kier alpha value is -3.04. The fourth-order valence-electron chi connectivity index (χ4n) is 3.49. The fourth-order valence-corrected chi connectivity index (χ4v) is 3.49. The number of fused-ring (bicyclic) bond motifs is 1. The van der Waals surface area contributed by atoms with Crippen LogP contribution in [0.2, 0.25) is 0 Å². The third-order valence-corrected chi connectivity index (χ3v) is 5.29. The second kappa shape index (κ2) is 7.03. The minimum Gasteiger partial charge on any atom is -0.365 e. The van der Waals surface area contributed by atoms with E-state index < -0.39 is 29.5 Å². The van der Waals surface area contributed by atoms with Crippen LogP contribution in [0.15, 0.2) is 36.8 Å². The van der Waals surface area contributed by atoms with Gasteiger partial charge in [-0.1, -0.05) is 24.8 Å². The van der Waals surface area contributed by atoms with Crippen molar-refractivity contribution in [3.8, 4) is 0 Å². The molecule has 4 rings (SSSR count). The SMILES string of the molecule is C=C1C=c2ncnc(NCc3cccc(C(F)F)c3F)c2=CN1C1(C(F)(F)F)CC1. The highest BCUT2D eigenvalue weighted by atomic mass is 19.4. The van der Waals surface area contributed by atoms with Crippen LogP contribution in [0.4, 0.5) is 32.2 Å². The van der Waals surface area contributed by atoms with E-state index >= 15 is 0 Å². The van der Waals surface area contributed by atoms with E-state index in [9.17, 15) is 26.3 Å². The summed E-state index contributed by atoms with van der Waals surface area (Å²) in [5.41, 5.74) is -2.60. The largest absolute Gasteiger partial charge is 0.411 e. The van der Waals surface area contributed by atoms with Gasteiger partial charge in [-0.05, 0) is 18.9 Å². The van der Waals surface area contributed by atoms with E-state index in [4.69, 9.17) is 0 Å². The topological polar surface area (TPSA) is 41.1 Å². The molecular weight excluding hydrogens is 410 g/mol. The van der Waals surface area contributed by atoms with Crippen molar-refractivity contribution in [2.24, 2.45) is 0 Å². The lowest BCUT2D eigenvalue weighted by Crippen LogP contribution is -2.49. The van der Waals surface area contributed by atoms with E-state index in [1.807, 2.05) is 0 Å². The summed E-state index contributed by atoms with van der Waals surface area (Å²) in [7, 11) is 0. The van der Waals surface area contributed by atoms with E-state index in [2.05, 4.69) is 21.9 Å². The normalized spacial score (nSPS) is 17.3. The van der Waals surface area contributed by atoms with E-state index in [1.54, 1.807) is 0 Å². The number of hydrogen-bond acceptors (Lipinski definition) is 4. The average molecular weight is 426 g/mol. The van der Waals surface area contributed by atoms with Crippen molar-refractivity contribution in [3.63, 3.8) is 0 Å². The molecule has 2 aromatic rings. The Kier molecular flexibility index (Phi) is 4.74. The lowest BCUT2D eigenvalue weighted by atomic mass is 10.1. The fraction of sp³-hybridized carbons (Fsp3) is 0.300. The molecule has 10 heteroatoms. The average Bonchev–Trinajstić information content (AvgIpc) is 3.48. The van der Waals surface area contributed by atoms with E-state index in [1.165, 1.54) is 30.7 Å². The Balaban J connectivity index is 1.69. The summed E-state index contributed by atoms with van der Waals surface area (Å²) in [6, 6.07) is 3.64. The van der Waals surface area contributed by atoms with Crippen molar-refractivity contribution in [1.29, 1.82) is 0 Å². The first kappa shape index (κ1) is 20.2. The third-order valence-electron chi connectivity index (χ3n) is 5.29. The first-order valence-electron chi connectivity index (χ1n) is 9.03. The summed E-state index contributed by atoms with van der Waals surface area (Å²) in [4.78, 5) is 9.17. The highest BCUT2D eigenvalue weighted by Crippen LogP contribution is 2.55. The van der Waals surface area contributed by atoms with Crippen LogP contribution >= 0.6 is 0 Å². The molecule has 158 valence electrons. The number of anilines is 1. The van der Waals surface area contributed by atoms with Gasteiger partial charge in [0.2, 0.25) is 0 Å². The van der Waals surface area contributed by atoms with Crippen LogP contribution in [0, 0.1) is 5.82 Å². The van der Waals surface area contributed by atoms with Gasteiger partial charge in [0.25, 0.3) is 6.43 Å². The van der Waals surface area contributed by atoms with Crippen molar-refractivity contribution in [2.75, 3.05) is 5.32 Å². The lowest BCUT2D eigenvalue weighted by molar-refractivity contribution is -0.181. The van der Waals surface area contributed by atoms with Gasteiger partial charge in [0.15, 0.2) is 0 Å². The molecule has 4 nitrogen and oxygen atoms in total. The van der Waals surface area contributed by atoms with Crippen LogP contribution in [0.5, 0.6) is 0 Å². The predicted octanol–water partition coefficient (Wildman–Crippen LogP) is 3.61. The number of rotatable bonds is 5. The van der Waals surface area contributed by atoms with Gasteiger partial charge in [-0.3, -0.25) is 0 Å². The smallest absolute Gasteiger partial charge is 0.365 e. The van der Waals surface area contributed by atoms with Crippen molar-refractivity contribution in [1.82, 2.24) is 14.9 Å². The minimum atomic E-state index is -4.44. The van der Waals surface area contributed by atoms with Crippen LogP contribution in [-0.2, 0) is 6.54 Å². The van der Waals surface area contributed by atoms with Crippen LogP contribution in [-0.4, -0.2) is 26.6 Å². The van der Waals surface area contributed by atoms with Gasteiger partial charge in [0.05, 0.1) is 16.1 Å². The van der Waals surface area contributed by atoms with Crippen LogP contribution in [0.3, 0.4) is 0 Å². The number of nitrogens with zero attached hydrogens (tertiary/aromatic N) is 3. The van der Waals surface area contributed by atoms with Gasteiger partial charge < -0.3 is 10.2 Å². The van der Waals surface area contributed by atoms with E-state index in [0.717, 1.165) is 11.0 Å². The molecule has 1 fully saturated rings. The maximum atomic E-state index is 14.3.